The van der Waals surface area contributed by atoms with Crippen LogP contribution in [-0.4, -0.2) is 53.1 Å². The van der Waals surface area contributed by atoms with Crippen molar-refractivity contribution in [2.24, 2.45) is 0 Å². The zero-order valence-corrected chi connectivity index (χ0v) is 37.3. The van der Waals surface area contributed by atoms with E-state index in [0.29, 0.717) is 16.8 Å². The fraction of sp³-hybridized carbons (Fsp3) is 0.125. The summed E-state index contributed by atoms with van der Waals surface area (Å²) in [6.45, 7) is 0. The van der Waals surface area contributed by atoms with Crippen LogP contribution in [0.1, 0.15) is 43.0 Å². The van der Waals surface area contributed by atoms with E-state index in [-0.39, 0.29) is 31.0 Å². The fourth-order valence-electron chi connectivity index (χ4n) is 6.68. The second kappa shape index (κ2) is 20.2. The molecule has 7 aromatic carbocycles. The van der Waals surface area contributed by atoms with E-state index in [1.165, 1.54) is 18.2 Å². The van der Waals surface area contributed by atoms with Crippen LogP contribution in [0.15, 0.2) is 161 Å². The van der Waals surface area contributed by atoms with Gasteiger partial charge in [0.15, 0.2) is 0 Å². The van der Waals surface area contributed by atoms with Gasteiger partial charge in [-0.05, 0) is 127 Å². The topological polar surface area (TPSA) is 170 Å². The van der Waals surface area contributed by atoms with E-state index < -0.39 is 32.0 Å². The molecule has 0 spiro atoms. The molecule has 0 aromatic heterocycles. The largest absolute Gasteiger partial charge is 0.478 e. The van der Waals surface area contributed by atoms with Crippen LogP contribution < -0.4 is 14.3 Å². The zero-order chi connectivity index (χ0) is 45.3. The molecule has 0 unspecified atom stereocenters. The number of aryl methyl sites for hydroxylation is 4. The lowest BCUT2D eigenvalue weighted by Gasteiger charge is -2.17. The number of nitrogens with zero attached hydrogens (tertiary/aromatic N) is 1. The van der Waals surface area contributed by atoms with Gasteiger partial charge >= 0.3 is 11.9 Å². The first kappa shape index (κ1) is 46.1. The molecular weight excluding hydrogens is 882 g/mol. The van der Waals surface area contributed by atoms with Gasteiger partial charge in [0.1, 0.15) is 4.90 Å². The number of carbonyl (C=O) groups is 2. The summed E-state index contributed by atoms with van der Waals surface area (Å²) in [6.07, 6.45) is 2.99. The number of nitrogens with one attached hydrogen (secondary N) is 2. The minimum absolute atomic E-state index is 0.0828. The minimum Gasteiger partial charge on any atom is -0.478 e. The van der Waals surface area contributed by atoms with Gasteiger partial charge in [0.2, 0.25) is 0 Å². The van der Waals surface area contributed by atoms with Crippen molar-refractivity contribution in [3.63, 3.8) is 0 Å². The van der Waals surface area contributed by atoms with E-state index in [1.54, 1.807) is 72.8 Å². The van der Waals surface area contributed by atoms with Crippen LogP contribution in [0.3, 0.4) is 0 Å². The summed E-state index contributed by atoms with van der Waals surface area (Å²) in [7, 11) is -3.78. The molecule has 11 nitrogen and oxygen atoms in total. The normalized spacial score (nSPS) is 11.3. The number of halogens is 2. The average molecular weight is 925 g/mol. The third kappa shape index (κ3) is 12.2. The first-order valence-electron chi connectivity index (χ1n) is 19.5. The van der Waals surface area contributed by atoms with Gasteiger partial charge in [-0.3, -0.25) is 9.44 Å². The van der Waals surface area contributed by atoms with E-state index >= 15 is 0 Å². The molecular formula is C48H43Cl2N3O8S2. The maximum absolute atomic E-state index is 13.2. The summed E-state index contributed by atoms with van der Waals surface area (Å²) in [5.41, 5.74) is 6.54. The standard InChI is InChI=1S/C27H26N2O4S.C21H17Cl2NO4S/c1-29(2)25-7-3-6-24-23(25)5-4-8-26(24)34(32,33)28-22-17-13-20(14-18-22)10-9-19-11-15-21(16-12-19)27(30)31;22-17-9-12-19(23)20(13-17)29(27,28)24-18-10-5-15(6-11-18)2-1-14-3-7-16(8-4-14)21(25)26/h3-8,11-18,28H,9-10H2,1-2H3,(H,30,31);3-13,24H,1-2H2,(H,25,26). The average Bonchev–Trinajstić information content (AvgIpc) is 3.26. The Kier molecular flexibility index (Phi) is 14.8. The molecule has 0 saturated carbocycles. The Labute approximate surface area is 376 Å². The molecule has 7 aromatic rings. The lowest BCUT2D eigenvalue weighted by molar-refractivity contribution is 0.0686. The van der Waals surface area contributed by atoms with E-state index in [2.05, 4.69) is 9.44 Å². The number of rotatable bonds is 15. The van der Waals surface area contributed by atoms with E-state index in [4.69, 9.17) is 33.4 Å². The second-order valence-electron chi connectivity index (χ2n) is 14.7. The van der Waals surface area contributed by atoms with Crippen molar-refractivity contribution in [1.82, 2.24) is 0 Å². The van der Waals surface area contributed by atoms with Crippen molar-refractivity contribution in [1.29, 1.82) is 0 Å². The molecule has 63 heavy (non-hydrogen) atoms. The second-order valence-corrected chi connectivity index (χ2v) is 18.9. The maximum atomic E-state index is 13.2. The molecule has 0 radical (unpaired) electrons. The van der Waals surface area contributed by atoms with Gasteiger partial charge in [0, 0.05) is 47.0 Å². The molecule has 0 heterocycles. The number of hydrogen-bond donors (Lipinski definition) is 4. The van der Waals surface area contributed by atoms with Crippen LogP contribution in [0, 0.1) is 0 Å². The first-order chi connectivity index (χ1) is 30.0. The molecule has 4 N–H and O–H groups in total. The Morgan fingerprint density at radius 3 is 1.33 bits per heavy atom. The molecule has 7 rings (SSSR count). The van der Waals surface area contributed by atoms with Crippen LogP contribution in [0.2, 0.25) is 10.0 Å². The molecule has 0 fully saturated rings. The molecule has 0 atom stereocenters. The Balaban J connectivity index is 0.000000213. The van der Waals surface area contributed by atoms with Crippen molar-refractivity contribution in [2.45, 2.75) is 35.5 Å². The van der Waals surface area contributed by atoms with Crippen LogP contribution in [-0.2, 0) is 45.7 Å². The smallest absolute Gasteiger partial charge is 0.335 e. The third-order valence-electron chi connectivity index (χ3n) is 10.0. The Morgan fingerprint density at radius 1 is 0.508 bits per heavy atom. The Morgan fingerprint density at radius 2 is 0.905 bits per heavy atom. The highest BCUT2D eigenvalue weighted by atomic mass is 35.5. The quantitative estimate of drug-likeness (QED) is 0.0781. The highest BCUT2D eigenvalue weighted by molar-refractivity contribution is 7.93. The Bertz CT molecular complexity index is 2970. The number of hydrogen-bond acceptors (Lipinski definition) is 7. The predicted molar refractivity (Wildman–Crippen MR) is 251 cm³/mol. The van der Waals surface area contributed by atoms with E-state index in [1.807, 2.05) is 79.7 Å². The van der Waals surface area contributed by atoms with E-state index in [0.717, 1.165) is 59.0 Å². The van der Waals surface area contributed by atoms with Gasteiger partial charge in [-0.25, -0.2) is 26.4 Å². The molecule has 0 aliphatic rings. The predicted octanol–water partition coefficient (Wildman–Crippen LogP) is 10.5. The van der Waals surface area contributed by atoms with Crippen molar-refractivity contribution >= 4 is 83.0 Å². The molecule has 0 aliphatic heterocycles. The Hall–Kier alpha value is -6.38. The van der Waals surface area contributed by atoms with Crippen molar-refractivity contribution in [3.05, 3.63) is 195 Å². The highest BCUT2D eigenvalue weighted by Gasteiger charge is 2.20. The molecule has 0 aliphatic carbocycles. The summed E-state index contributed by atoms with van der Waals surface area (Å²) in [5, 5.41) is 19.8. The summed E-state index contributed by atoms with van der Waals surface area (Å²) >= 11 is 11.9. The number of aromatic carboxylic acids is 2. The summed E-state index contributed by atoms with van der Waals surface area (Å²) in [5.74, 6) is -1.89. The number of carboxylic acid groups (broad SMARTS) is 2. The third-order valence-corrected chi connectivity index (χ3v) is 13.6. The van der Waals surface area contributed by atoms with E-state index in [9.17, 15) is 26.4 Å². The molecule has 0 amide bonds. The number of benzene rings is 7. The minimum atomic E-state index is -3.86. The number of carboxylic acids is 2. The molecule has 324 valence electrons. The van der Waals surface area contributed by atoms with Gasteiger partial charge in [0.25, 0.3) is 20.0 Å². The summed E-state index contributed by atoms with van der Waals surface area (Å²) in [6, 6.07) is 43.1. The van der Waals surface area contributed by atoms with Crippen molar-refractivity contribution < 1.29 is 36.6 Å². The number of fused-ring (bicyclic) bond motifs is 1. The van der Waals surface area contributed by atoms with Crippen LogP contribution >= 0.6 is 23.2 Å². The SMILES string of the molecule is CN(C)c1cccc2c(S(=O)(=O)Nc3ccc(CCc4ccc(C(=O)O)cc4)cc3)cccc12.O=C(O)c1ccc(CCc2ccc(NS(=O)(=O)c3cc(Cl)ccc3Cl)cc2)cc1. The number of anilines is 3. The number of sulfonamides is 2. The van der Waals surface area contributed by atoms with Crippen molar-refractivity contribution in [3.8, 4) is 0 Å². The van der Waals surface area contributed by atoms with Gasteiger partial charge < -0.3 is 15.1 Å². The van der Waals surface area contributed by atoms with Gasteiger partial charge in [-0.15, -0.1) is 0 Å². The lowest BCUT2D eigenvalue weighted by Crippen LogP contribution is -2.14. The van der Waals surface area contributed by atoms with Gasteiger partial charge in [-0.1, -0.05) is 96.0 Å². The van der Waals surface area contributed by atoms with Crippen LogP contribution in [0.25, 0.3) is 10.8 Å². The maximum Gasteiger partial charge on any atom is 0.335 e. The molecule has 15 heteroatoms. The lowest BCUT2D eigenvalue weighted by atomic mass is 10.0. The van der Waals surface area contributed by atoms with Gasteiger partial charge in [0.05, 0.1) is 21.0 Å². The summed E-state index contributed by atoms with van der Waals surface area (Å²) < 4.78 is 56.7. The van der Waals surface area contributed by atoms with Crippen molar-refractivity contribution in [2.75, 3.05) is 28.4 Å². The molecule has 0 saturated heterocycles. The summed E-state index contributed by atoms with van der Waals surface area (Å²) in [4.78, 5) is 24.0. The van der Waals surface area contributed by atoms with Gasteiger partial charge in [-0.2, -0.15) is 0 Å². The first-order valence-corrected chi connectivity index (χ1v) is 23.2. The zero-order valence-electron chi connectivity index (χ0n) is 34.1. The van der Waals surface area contributed by atoms with Crippen LogP contribution in [0.4, 0.5) is 17.1 Å². The molecule has 0 bridgehead atoms. The fourth-order valence-corrected chi connectivity index (χ4v) is 9.78. The van der Waals surface area contributed by atoms with Crippen LogP contribution in [0.5, 0.6) is 0 Å². The highest BCUT2D eigenvalue weighted by Crippen LogP contribution is 2.31. The monoisotopic (exact) mass is 923 g/mol.